The SMILES string of the molecule is CCCCCCCCCCCCCC=C[C@@H](OC(=O)c1ccccc1)[C@H](CO[C@@H]1O[C@@H]2COC(c3ccccc3)O[C@H]2[C@H](OC(=O)c2ccccc2)[C@H]1OC(=O)c1ccccc1)NC(=O)C=CCCCCCCCCCCCCCCCCCCCCC. The summed E-state index contributed by atoms with van der Waals surface area (Å²) in [5.74, 6) is -2.36. The minimum Gasteiger partial charge on any atom is -0.452 e. The molecule has 4 aromatic rings. The second kappa shape index (κ2) is 44.5. The third kappa shape index (κ3) is 27.9. The van der Waals surface area contributed by atoms with Crippen LogP contribution in [0.15, 0.2) is 146 Å². The lowest BCUT2D eigenvalue weighted by Gasteiger charge is -2.48. The smallest absolute Gasteiger partial charge is 0.338 e. The second-order valence-electron chi connectivity index (χ2n) is 24.2. The van der Waals surface area contributed by atoms with Gasteiger partial charge in [0.15, 0.2) is 24.8 Å². The highest BCUT2D eigenvalue weighted by molar-refractivity contribution is 5.91. The normalized spacial score (nSPS) is 19.0. The van der Waals surface area contributed by atoms with Crippen LogP contribution in [0.4, 0.5) is 0 Å². The number of carbonyl (C=O) groups is 4. The van der Waals surface area contributed by atoms with Crippen LogP contribution in [-0.4, -0.2) is 79.9 Å². The topological polar surface area (TPSA) is 145 Å². The van der Waals surface area contributed by atoms with Gasteiger partial charge < -0.3 is 38.5 Å². The van der Waals surface area contributed by atoms with Gasteiger partial charge in [-0.05, 0) is 74.2 Å². The molecule has 1 unspecified atom stereocenters. The first-order chi connectivity index (χ1) is 43.3. The molecule has 6 rings (SSSR count). The van der Waals surface area contributed by atoms with E-state index in [2.05, 4.69) is 19.2 Å². The summed E-state index contributed by atoms with van der Waals surface area (Å²) in [7, 11) is 0. The number of hydrogen-bond donors (Lipinski definition) is 1. The molecule has 2 aliphatic heterocycles. The molecule has 4 aromatic carbocycles. The zero-order chi connectivity index (χ0) is 61.9. The lowest BCUT2D eigenvalue weighted by molar-refractivity contribution is -0.360. The number of esters is 3. The molecule has 0 aliphatic carbocycles. The van der Waals surface area contributed by atoms with Gasteiger partial charge >= 0.3 is 17.9 Å². The standard InChI is InChI=1S/C76H107NO11/c1-3-5-7-9-11-13-15-17-18-19-20-21-22-23-24-26-28-30-32-34-48-58-68(78)77-65(66(84-72(79)61-49-39-35-40-50-61)57-47-33-31-29-27-25-16-14-12-10-8-6-4-2)59-82-76-71(87-74(81)63-53-43-37-44-54-63)70(86-73(80)62-51-41-36-42-52-62)69-67(85-76)60-83-75(88-69)64-55-45-38-46-56-64/h35-58,65-67,69-71,75-76H,3-34,59-60H2,1-2H3,(H,77,78)/t65-,66+,67+,69+,70-,71+,75?,76+/m0/s1. The second-order valence-corrected chi connectivity index (χ2v) is 24.2. The Morgan fingerprint density at radius 2 is 0.875 bits per heavy atom. The fraction of sp³-hybridized carbons (Fsp3) is 0.579. The van der Waals surface area contributed by atoms with Crippen molar-refractivity contribution in [2.75, 3.05) is 13.2 Å². The van der Waals surface area contributed by atoms with Crippen LogP contribution in [0.5, 0.6) is 0 Å². The molecule has 0 spiro atoms. The zero-order valence-corrected chi connectivity index (χ0v) is 53.5. The number of nitrogens with one attached hydrogen (secondary N) is 1. The summed E-state index contributed by atoms with van der Waals surface area (Å²) in [6.07, 6.45) is 39.3. The molecule has 1 N–H and O–H groups in total. The molecule has 2 fully saturated rings. The summed E-state index contributed by atoms with van der Waals surface area (Å²) in [6, 6.07) is 34.2. The lowest BCUT2D eigenvalue weighted by Crippen LogP contribution is -2.64. The van der Waals surface area contributed by atoms with Gasteiger partial charge in [-0.15, -0.1) is 0 Å². The summed E-state index contributed by atoms with van der Waals surface area (Å²) in [5.41, 5.74) is 1.60. The van der Waals surface area contributed by atoms with Gasteiger partial charge in [0, 0.05) is 5.56 Å². The van der Waals surface area contributed by atoms with E-state index in [9.17, 15) is 19.2 Å². The Balaban J connectivity index is 1.14. The molecule has 1 amide bonds. The van der Waals surface area contributed by atoms with Crippen LogP contribution >= 0.6 is 0 Å². The number of hydrogen-bond acceptors (Lipinski definition) is 11. The van der Waals surface area contributed by atoms with Crippen LogP contribution in [0.25, 0.3) is 0 Å². The van der Waals surface area contributed by atoms with E-state index in [1.54, 1.807) is 84.9 Å². The van der Waals surface area contributed by atoms with Crippen molar-refractivity contribution in [3.63, 3.8) is 0 Å². The number of fused-ring (bicyclic) bond motifs is 1. The van der Waals surface area contributed by atoms with Crippen molar-refractivity contribution in [3.05, 3.63) is 168 Å². The molecule has 12 nitrogen and oxygen atoms in total. The van der Waals surface area contributed by atoms with Gasteiger partial charge in [-0.1, -0.05) is 291 Å². The molecular formula is C76H107NO11. The average Bonchev–Trinajstić information content (AvgIpc) is 2.28. The van der Waals surface area contributed by atoms with Gasteiger partial charge in [0.25, 0.3) is 0 Å². The highest BCUT2D eigenvalue weighted by Crippen LogP contribution is 2.38. The predicted molar refractivity (Wildman–Crippen MR) is 351 cm³/mol. The van der Waals surface area contributed by atoms with Crippen LogP contribution in [0.2, 0.25) is 0 Å². The summed E-state index contributed by atoms with van der Waals surface area (Å²) in [5, 5.41) is 3.12. The zero-order valence-electron chi connectivity index (χ0n) is 53.5. The fourth-order valence-electron chi connectivity index (χ4n) is 11.6. The van der Waals surface area contributed by atoms with Gasteiger partial charge in [0.2, 0.25) is 5.91 Å². The van der Waals surface area contributed by atoms with Crippen molar-refractivity contribution in [3.8, 4) is 0 Å². The summed E-state index contributed by atoms with van der Waals surface area (Å²) in [4.78, 5) is 56.5. The molecule has 2 heterocycles. The van der Waals surface area contributed by atoms with Crippen LogP contribution in [-0.2, 0) is 38.0 Å². The lowest BCUT2D eigenvalue weighted by atomic mass is 9.96. The summed E-state index contributed by atoms with van der Waals surface area (Å²) < 4.78 is 45.4. The van der Waals surface area contributed by atoms with E-state index in [0.717, 1.165) is 50.5 Å². The van der Waals surface area contributed by atoms with Gasteiger partial charge in [-0.2, -0.15) is 0 Å². The number of allylic oxidation sites excluding steroid dienone is 2. The van der Waals surface area contributed by atoms with E-state index >= 15 is 0 Å². The molecule has 2 saturated heterocycles. The van der Waals surface area contributed by atoms with E-state index in [4.69, 9.17) is 33.2 Å². The van der Waals surface area contributed by atoms with Crippen molar-refractivity contribution >= 4 is 23.8 Å². The highest BCUT2D eigenvalue weighted by Gasteiger charge is 2.55. The minimum atomic E-state index is -1.41. The fourth-order valence-corrected chi connectivity index (χ4v) is 11.6. The Hall–Kier alpha value is -5.92. The molecule has 0 saturated carbocycles. The third-order valence-electron chi connectivity index (χ3n) is 16.8. The number of amides is 1. The molecule has 0 radical (unpaired) electrons. The molecule has 482 valence electrons. The third-order valence-corrected chi connectivity index (χ3v) is 16.8. The van der Waals surface area contributed by atoms with Crippen molar-refractivity contribution in [1.29, 1.82) is 0 Å². The van der Waals surface area contributed by atoms with Crippen molar-refractivity contribution in [2.24, 2.45) is 0 Å². The van der Waals surface area contributed by atoms with Crippen molar-refractivity contribution in [2.45, 2.75) is 268 Å². The van der Waals surface area contributed by atoms with E-state index in [-0.39, 0.29) is 24.3 Å². The van der Waals surface area contributed by atoms with Crippen LogP contribution in [0.3, 0.4) is 0 Å². The maximum absolute atomic E-state index is 14.2. The number of rotatable bonds is 46. The first kappa shape index (κ1) is 71.2. The Morgan fingerprint density at radius 3 is 1.33 bits per heavy atom. The van der Waals surface area contributed by atoms with Crippen LogP contribution in [0, 0.1) is 0 Å². The number of unbranched alkanes of at least 4 members (excludes halogenated alkanes) is 30. The van der Waals surface area contributed by atoms with E-state index < -0.39 is 73.0 Å². The Morgan fingerprint density at radius 1 is 0.477 bits per heavy atom. The Labute approximate surface area is 528 Å². The van der Waals surface area contributed by atoms with Gasteiger partial charge in [0.05, 0.1) is 35.9 Å². The number of benzene rings is 4. The first-order valence-corrected chi connectivity index (χ1v) is 34.4. The number of carbonyl (C=O) groups excluding carboxylic acids is 4. The summed E-state index contributed by atoms with van der Waals surface area (Å²) in [6.45, 7) is 4.25. The Kier molecular flexibility index (Phi) is 36.0. The van der Waals surface area contributed by atoms with Crippen LogP contribution < -0.4 is 5.32 Å². The highest BCUT2D eigenvalue weighted by atomic mass is 16.8. The molecular weight excluding hydrogens is 1100 g/mol. The molecule has 0 aromatic heterocycles. The van der Waals surface area contributed by atoms with Gasteiger partial charge in [-0.3, -0.25) is 4.79 Å². The van der Waals surface area contributed by atoms with Crippen molar-refractivity contribution < 1.29 is 52.3 Å². The quantitative estimate of drug-likeness (QED) is 0.0148. The molecule has 2 aliphatic rings. The number of ether oxygens (including phenoxy) is 7. The average molecular weight is 1210 g/mol. The molecule has 12 heteroatoms. The maximum Gasteiger partial charge on any atom is 0.338 e. The first-order valence-electron chi connectivity index (χ1n) is 34.4. The molecule has 8 atom stereocenters. The van der Waals surface area contributed by atoms with Crippen LogP contribution in [0.1, 0.15) is 262 Å². The summed E-state index contributed by atoms with van der Waals surface area (Å²) >= 11 is 0. The van der Waals surface area contributed by atoms with Gasteiger partial charge in [0.1, 0.15) is 18.3 Å². The minimum absolute atomic E-state index is 0.00634. The van der Waals surface area contributed by atoms with E-state index in [1.165, 1.54) is 167 Å². The van der Waals surface area contributed by atoms with E-state index in [1.807, 2.05) is 54.6 Å². The molecule has 0 bridgehead atoms. The maximum atomic E-state index is 14.2. The van der Waals surface area contributed by atoms with Gasteiger partial charge in [-0.25, -0.2) is 14.4 Å². The molecule has 88 heavy (non-hydrogen) atoms. The monoisotopic (exact) mass is 1210 g/mol. The van der Waals surface area contributed by atoms with Crippen molar-refractivity contribution in [1.82, 2.24) is 5.32 Å². The largest absolute Gasteiger partial charge is 0.452 e. The Bertz CT molecular complexity index is 2520. The van der Waals surface area contributed by atoms with E-state index in [0.29, 0.717) is 5.56 Å². The predicted octanol–water partition coefficient (Wildman–Crippen LogP) is 18.6.